The van der Waals surface area contributed by atoms with Crippen molar-refractivity contribution < 1.29 is 9.63 Å². The average Bonchev–Trinajstić information content (AvgIpc) is 2.70. The zero-order chi connectivity index (χ0) is 22.8. The van der Waals surface area contributed by atoms with E-state index in [-0.39, 0.29) is 12.3 Å². The number of nitriles is 1. The van der Waals surface area contributed by atoms with E-state index >= 15 is 0 Å². The van der Waals surface area contributed by atoms with Crippen LogP contribution in [0.4, 0.5) is 5.69 Å². The number of carbonyl (C=O) groups is 1. The van der Waals surface area contributed by atoms with Crippen molar-refractivity contribution in [1.29, 1.82) is 5.26 Å². The maximum atomic E-state index is 13.8. The molecule has 0 bridgehead atoms. The molecule has 0 saturated carbocycles. The van der Waals surface area contributed by atoms with Gasteiger partial charge in [-0.15, -0.1) is 0 Å². The lowest BCUT2D eigenvalue weighted by molar-refractivity contribution is -0.148. The Balaban J connectivity index is 2.06. The lowest BCUT2D eigenvalue weighted by Crippen LogP contribution is -2.57. The molecule has 1 heterocycles. The molecule has 2 aromatic rings. The molecule has 0 N–H and O–H groups in total. The topological polar surface area (TPSA) is 56.6 Å². The molecule has 0 aromatic heterocycles. The molecule has 164 valence electrons. The smallest absolute Gasteiger partial charge is 0.232 e. The Morgan fingerprint density at radius 2 is 1.58 bits per heavy atom. The monoisotopic (exact) mass is 479 g/mol. The summed E-state index contributed by atoms with van der Waals surface area (Å²) in [6.45, 7) is 4.92. The van der Waals surface area contributed by atoms with Crippen molar-refractivity contribution in [2.75, 3.05) is 25.1 Å². The van der Waals surface area contributed by atoms with Gasteiger partial charge in [0.25, 0.3) is 0 Å². The van der Waals surface area contributed by atoms with Crippen LogP contribution in [0.3, 0.4) is 0 Å². The summed E-state index contributed by atoms with van der Waals surface area (Å²) in [7, 11) is 1.60. The van der Waals surface area contributed by atoms with Crippen LogP contribution in [-0.2, 0) is 16.1 Å². The number of hydrogen-bond donors (Lipinski definition) is 0. The van der Waals surface area contributed by atoms with Gasteiger partial charge in [0.2, 0.25) is 5.91 Å². The number of anilines is 1. The molecule has 0 radical (unpaired) electrons. The van der Waals surface area contributed by atoms with Gasteiger partial charge in [-0.05, 0) is 73.7 Å². The number of aryl methyl sites for hydroxylation is 2. The maximum Gasteiger partial charge on any atom is 0.232 e. The minimum Gasteiger partial charge on any atom is -0.302 e. The van der Waals surface area contributed by atoms with E-state index in [1.165, 1.54) is 0 Å². The van der Waals surface area contributed by atoms with Gasteiger partial charge < -0.3 is 4.84 Å². The lowest BCUT2D eigenvalue weighted by atomic mass is 9.86. The molecule has 8 heteroatoms. The molecule has 0 unspecified atom stereocenters. The van der Waals surface area contributed by atoms with Crippen LogP contribution in [-0.4, -0.2) is 36.7 Å². The predicted octanol–water partition coefficient (Wildman–Crippen LogP) is 5.76. The Morgan fingerprint density at radius 1 is 1.06 bits per heavy atom. The first-order valence-electron chi connectivity index (χ1n) is 9.94. The van der Waals surface area contributed by atoms with E-state index in [9.17, 15) is 10.1 Å². The third-order valence-electron chi connectivity index (χ3n) is 5.79. The Kier molecular flexibility index (Phi) is 7.51. The normalized spacial score (nSPS) is 16.0. The summed E-state index contributed by atoms with van der Waals surface area (Å²) in [4.78, 5) is 20.6. The third-order valence-corrected chi connectivity index (χ3v) is 6.44. The van der Waals surface area contributed by atoms with Gasteiger partial charge in [-0.2, -0.15) is 10.3 Å². The molecule has 1 aliphatic rings. The Labute approximate surface area is 198 Å². The van der Waals surface area contributed by atoms with Crippen LogP contribution >= 0.6 is 34.8 Å². The molecule has 3 rings (SSSR count). The number of piperidine rings is 1. The van der Waals surface area contributed by atoms with Crippen molar-refractivity contribution in [1.82, 2.24) is 5.06 Å². The van der Waals surface area contributed by atoms with Crippen molar-refractivity contribution in [3.8, 4) is 6.07 Å². The highest BCUT2D eigenvalue weighted by Gasteiger charge is 2.44. The van der Waals surface area contributed by atoms with E-state index in [2.05, 4.69) is 6.07 Å². The summed E-state index contributed by atoms with van der Waals surface area (Å²) in [5.74, 6) is -0.195. The van der Waals surface area contributed by atoms with E-state index in [1.54, 1.807) is 35.3 Å². The molecular weight excluding hydrogens is 457 g/mol. The summed E-state index contributed by atoms with van der Waals surface area (Å²) in [5.41, 5.74) is 2.24. The van der Waals surface area contributed by atoms with E-state index in [0.29, 0.717) is 46.7 Å². The Morgan fingerprint density at radius 3 is 2.06 bits per heavy atom. The summed E-state index contributed by atoms with van der Waals surface area (Å²) in [6, 6.07) is 11.1. The molecule has 5 nitrogen and oxygen atoms in total. The Bertz CT molecular complexity index is 984. The van der Waals surface area contributed by atoms with Crippen molar-refractivity contribution in [2.24, 2.45) is 0 Å². The zero-order valence-electron chi connectivity index (χ0n) is 17.7. The second-order valence-electron chi connectivity index (χ2n) is 7.81. The minimum atomic E-state index is -1.03. The van der Waals surface area contributed by atoms with E-state index in [1.807, 2.05) is 26.0 Å². The minimum absolute atomic E-state index is 0.135. The van der Waals surface area contributed by atoms with Crippen LogP contribution in [0, 0.1) is 25.2 Å². The van der Waals surface area contributed by atoms with E-state index < -0.39 is 5.54 Å². The highest BCUT2D eigenvalue weighted by molar-refractivity contribution is 6.35. The average molecular weight is 481 g/mol. The number of carbonyl (C=O) groups excluding carboxylic acids is 1. The van der Waals surface area contributed by atoms with Crippen molar-refractivity contribution in [2.45, 2.75) is 38.6 Å². The Hall–Kier alpha value is -1.81. The quantitative estimate of drug-likeness (QED) is 0.546. The highest BCUT2D eigenvalue weighted by Crippen LogP contribution is 2.37. The molecule has 1 fully saturated rings. The fourth-order valence-corrected chi connectivity index (χ4v) is 5.01. The van der Waals surface area contributed by atoms with Gasteiger partial charge in [0, 0.05) is 33.8 Å². The SMILES string of the molecule is CON1CCC(C#N)(N(C(=O)Cc2c(C)cc(Cl)cc2C)c2cc(Cl)cc(Cl)c2)CC1. The molecule has 1 saturated heterocycles. The van der Waals surface area contributed by atoms with Crippen LogP contribution < -0.4 is 4.90 Å². The number of nitrogens with zero attached hydrogens (tertiary/aromatic N) is 3. The molecule has 31 heavy (non-hydrogen) atoms. The van der Waals surface area contributed by atoms with Gasteiger partial charge >= 0.3 is 0 Å². The summed E-state index contributed by atoms with van der Waals surface area (Å²) in [5, 5.41) is 13.5. The van der Waals surface area contributed by atoms with E-state index in [4.69, 9.17) is 39.6 Å². The predicted molar refractivity (Wildman–Crippen MR) is 125 cm³/mol. The summed E-state index contributed by atoms with van der Waals surface area (Å²) < 4.78 is 0. The second-order valence-corrected chi connectivity index (χ2v) is 9.12. The number of hydroxylamine groups is 2. The van der Waals surface area contributed by atoms with Gasteiger partial charge in [-0.25, -0.2) is 0 Å². The third kappa shape index (κ3) is 5.16. The standard InChI is InChI=1S/C23H24Cl3N3O2/c1-15-8-17(24)9-16(2)21(15)13-22(30)29(20-11-18(25)10-19(26)12-20)23(14-27)4-6-28(31-3)7-5-23/h8-12H,4-7,13H2,1-3H3. The van der Waals surface area contributed by atoms with Crippen molar-refractivity contribution in [3.63, 3.8) is 0 Å². The summed E-state index contributed by atoms with van der Waals surface area (Å²) in [6.07, 6.45) is 1.01. The van der Waals surface area contributed by atoms with Crippen LogP contribution in [0.25, 0.3) is 0 Å². The first kappa shape index (κ1) is 23.8. The lowest BCUT2D eigenvalue weighted by Gasteiger charge is -2.44. The van der Waals surface area contributed by atoms with Crippen LogP contribution in [0.1, 0.15) is 29.5 Å². The second kappa shape index (κ2) is 9.77. The molecule has 0 aliphatic carbocycles. The number of hydrogen-bond acceptors (Lipinski definition) is 4. The fourth-order valence-electron chi connectivity index (χ4n) is 4.17. The maximum absolute atomic E-state index is 13.8. The molecule has 0 spiro atoms. The zero-order valence-corrected chi connectivity index (χ0v) is 20.0. The van der Waals surface area contributed by atoms with Crippen LogP contribution in [0.5, 0.6) is 0 Å². The van der Waals surface area contributed by atoms with Crippen LogP contribution in [0.2, 0.25) is 15.1 Å². The highest BCUT2D eigenvalue weighted by atomic mass is 35.5. The molecule has 1 amide bonds. The van der Waals surface area contributed by atoms with Crippen LogP contribution in [0.15, 0.2) is 30.3 Å². The van der Waals surface area contributed by atoms with Gasteiger partial charge in [0.05, 0.1) is 19.6 Å². The number of rotatable bonds is 5. The van der Waals surface area contributed by atoms with E-state index in [0.717, 1.165) is 16.7 Å². The molecule has 0 atom stereocenters. The molecule has 1 aliphatic heterocycles. The first-order valence-corrected chi connectivity index (χ1v) is 11.1. The van der Waals surface area contributed by atoms with Crippen molar-refractivity contribution in [3.05, 3.63) is 62.1 Å². The number of benzene rings is 2. The van der Waals surface area contributed by atoms with Gasteiger partial charge in [-0.3, -0.25) is 9.69 Å². The van der Waals surface area contributed by atoms with Crippen molar-refractivity contribution >= 4 is 46.4 Å². The number of halogens is 3. The first-order chi connectivity index (χ1) is 14.7. The number of amides is 1. The van der Waals surface area contributed by atoms with Gasteiger partial charge in [0.1, 0.15) is 5.54 Å². The van der Waals surface area contributed by atoms with Gasteiger partial charge in [0.15, 0.2) is 0 Å². The molecule has 2 aromatic carbocycles. The molecular formula is C23H24Cl3N3O2. The summed E-state index contributed by atoms with van der Waals surface area (Å²) >= 11 is 18.7. The fraction of sp³-hybridized carbons (Fsp3) is 0.391. The largest absolute Gasteiger partial charge is 0.302 e. The van der Waals surface area contributed by atoms with Gasteiger partial charge in [-0.1, -0.05) is 34.8 Å².